The molecule has 28 heavy (non-hydrogen) atoms. The maximum atomic E-state index is 12.7. The summed E-state index contributed by atoms with van der Waals surface area (Å²) in [5.74, 6) is 0.989. The molecule has 0 N–H and O–H groups in total. The molecular formula is C19H23ClN4O4. The molecule has 8 nitrogen and oxygen atoms in total. The first kappa shape index (κ1) is 20.0. The van der Waals surface area contributed by atoms with Crippen molar-refractivity contribution in [3.63, 3.8) is 0 Å². The van der Waals surface area contributed by atoms with Crippen molar-refractivity contribution in [1.29, 1.82) is 0 Å². The Labute approximate surface area is 167 Å². The number of ether oxygens (including phenoxy) is 1. The summed E-state index contributed by atoms with van der Waals surface area (Å²) in [5, 5.41) is 0.547. The summed E-state index contributed by atoms with van der Waals surface area (Å²) in [7, 11) is 3.09. The number of rotatable bonds is 4. The molecule has 1 atom stereocenters. The summed E-state index contributed by atoms with van der Waals surface area (Å²) in [4.78, 5) is 40.4. The molecule has 0 bridgehead atoms. The van der Waals surface area contributed by atoms with Crippen molar-refractivity contribution in [3.8, 4) is 5.75 Å². The van der Waals surface area contributed by atoms with Gasteiger partial charge in [-0.1, -0.05) is 17.7 Å². The monoisotopic (exact) mass is 406 g/mol. The van der Waals surface area contributed by atoms with Gasteiger partial charge in [0.1, 0.15) is 11.6 Å². The molecule has 0 unspecified atom stereocenters. The highest BCUT2D eigenvalue weighted by molar-refractivity contribution is 6.30. The number of anilines is 1. The molecule has 0 saturated carbocycles. The van der Waals surface area contributed by atoms with E-state index in [1.165, 1.54) is 17.7 Å². The van der Waals surface area contributed by atoms with E-state index in [4.69, 9.17) is 16.3 Å². The largest absolute Gasteiger partial charge is 0.481 e. The number of benzene rings is 1. The molecule has 3 rings (SSSR count). The predicted octanol–water partition coefficient (Wildman–Crippen LogP) is 0.853. The third-order valence-corrected chi connectivity index (χ3v) is 5.11. The van der Waals surface area contributed by atoms with Gasteiger partial charge in [-0.15, -0.1) is 0 Å². The molecule has 0 spiro atoms. The van der Waals surface area contributed by atoms with Crippen molar-refractivity contribution >= 4 is 23.3 Å². The molecule has 0 radical (unpaired) electrons. The van der Waals surface area contributed by atoms with Gasteiger partial charge in [-0.25, -0.2) is 4.79 Å². The Balaban J connectivity index is 1.64. The Kier molecular flexibility index (Phi) is 5.79. The average Bonchev–Trinajstić information content (AvgIpc) is 2.68. The van der Waals surface area contributed by atoms with Crippen LogP contribution in [-0.4, -0.2) is 52.2 Å². The average molecular weight is 407 g/mol. The SMILES string of the molecule is C[C@H](Oc1cccc(Cl)c1)C(=O)N1CCN(c2cc(=O)n(C)c(=O)n2C)CC1. The van der Waals surface area contributed by atoms with E-state index in [9.17, 15) is 14.4 Å². The fourth-order valence-corrected chi connectivity index (χ4v) is 3.41. The highest BCUT2D eigenvalue weighted by Crippen LogP contribution is 2.19. The molecule has 1 aromatic carbocycles. The molecule has 1 aliphatic rings. The lowest BCUT2D eigenvalue weighted by molar-refractivity contribution is -0.138. The number of aromatic nitrogens is 2. The van der Waals surface area contributed by atoms with E-state index < -0.39 is 6.10 Å². The first-order valence-electron chi connectivity index (χ1n) is 9.01. The highest BCUT2D eigenvalue weighted by atomic mass is 35.5. The van der Waals surface area contributed by atoms with E-state index in [0.717, 1.165) is 4.57 Å². The van der Waals surface area contributed by atoms with Crippen LogP contribution in [0.2, 0.25) is 5.02 Å². The molecule has 2 heterocycles. The third kappa shape index (κ3) is 4.06. The van der Waals surface area contributed by atoms with Crippen LogP contribution in [0.25, 0.3) is 0 Å². The number of hydrogen-bond donors (Lipinski definition) is 0. The van der Waals surface area contributed by atoms with Gasteiger partial charge in [0.2, 0.25) is 0 Å². The van der Waals surface area contributed by atoms with E-state index in [2.05, 4.69) is 0 Å². The minimum Gasteiger partial charge on any atom is -0.481 e. The van der Waals surface area contributed by atoms with Crippen LogP contribution in [0, 0.1) is 0 Å². The lowest BCUT2D eigenvalue weighted by Crippen LogP contribution is -2.53. The van der Waals surface area contributed by atoms with Crippen LogP contribution in [0.3, 0.4) is 0 Å². The second-order valence-corrected chi connectivity index (χ2v) is 7.21. The lowest BCUT2D eigenvalue weighted by atomic mass is 10.2. The van der Waals surface area contributed by atoms with Gasteiger partial charge in [-0.3, -0.25) is 18.7 Å². The number of nitrogens with zero attached hydrogens (tertiary/aromatic N) is 4. The molecule has 1 aliphatic heterocycles. The van der Waals surface area contributed by atoms with Crippen molar-refractivity contribution < 1.29 is 9.53 Å². The van der Waals surface area contributed by atoms with Gasteiger partial charge in [0.15, 0.2) is 6.10 Å². The quantitative estimate of drug-likeness (QED) is 0.752. The zero-order chi connectivity index (χ0) is 20.4. The van der Waals surface area contributed by atoms with Crippen LogP contribution in [0.4, 0.5) is 5.82 Å². The van der Waals surface area contributed by atoms with Gasteiger partial charge in [-0.2, -0.15) is 0 Å². The van der Waals surface area contributed by atoms with E-state index in [1.807, 2.05) is 4.90 Å². The first-order valence-corrected chi connectivity index (χ1v) is 9.38. The number of amides is 1. The number of halogens is 1. The number of piperazine rings is 1. The Morgan fingerprint density at radius 2 is 1.75 bits per heavy atom. The van der Waals surface area contributed by atoms with Gasteiger partial charge >= 0.3 is 5.69 Å². The maximum Gasteiger partial charge on any atom is 0.332 e. The summed E-state index contributed by atoms with van der Waals surface area (Å²) in [6.07, 6.45) is -0.640. The maximum absolute atomic E-state index is 12.7. The van der Waals surface area contributed by atoms with Gasteiger partial charge in [0, 0.05) is 51.4 Å². The summed E-state index contributed by atoms with van der Waals surface area (Å²) >= 11 is 5.95. The highest BCUT2D eigenvalue weighted by Gasteiger charge is 2.27. The van der Waals surface area contributed by atoms with E-state index in [1.54, 1.807) is 43.1 Å². The van der Waals surface area contributed by atoms with Crippen molar-refractivity contribution in [3.05, 3.63) is 56.2 Å². The van der Waals surface area contributed by atoms with Crippen LogP contribution in [-0.2, 0) is 18.9 Å². The Bertz CT molecular complexity index is 992. The fourth-order valence-electron chi connectivity index (χ4n) is 3.23. The van der Waals surface area contributed by atoms with Gasteiger partial charge in [0.05, 0.1) is 0 Å². The summed E-state index contributed by atoms with van der Waals surface area (Å²) in [6.45, 7) is 3.71. The van der Waals surface area contributed by atoms with Crippen molar-refractivity contribution in [2.75, 3.05) is 31.1 Å². The molecule has 1 saturated heterocycles. The van der Waals surface area contributed by atoms with Crippen LogP contribution in [0.15, 0.2) is 39.9 Å². The van der Waals surface area contributed by atoms with E-state index in [0.29, 0.717) is 42.8 Å². The molecule has 9 heteroatoms. The van der Waals surface area contributed by atoms with Crippen molar-refractivity contribution in [2.45, 2.75) is 13.0 Å². The minimum absolute atomic E-state index is 0.113. The van der Waals surface area contributed by atoms with Crippen LogP contribution < -0.4 is 20.9 Å². The van der Waals surface area contributed by atoms with Gasteiger partial charge in [0.25, 0.3) is 11.5 Å². The topological polar surface area (TPSA) is 76.8 Å². The van der Waals surface area contributed by atoms with Crippen LogP contribution in [0.5, 0.6) is 5.75 Å². The molecule has 1 aromatic heterocycles. The van der Waals surface area contributed by atoms with Crippen LogP contribution >= 0.6 is 11.6 Å². The predicted molar refractivity (Wildman–Crippen MR) is 107 cm³/mol. The standard InChI is InChI=1S/C19H23ClN4O4/c1-13(28-15-6-4-5-14(20)11-15)18(26)24-9-7-23(8-10-24)16-12-17(25)22(3)19(27)21(16)2/h4-6,11-13H,7-10H2,1-3H3/t13-/m0/s1. The molecule has 0 aliphatic carbocycles. The summed E-state index contributed by atoms with van der Waals surface area (Å²) in [5.41, 5.74) is -0.718. The zero-order valence-electron chi connectivity index (χ0n) is 16.1. The smallest absolute Gasteiger partial charge is 0.332 e. The summed E-state index contributed by atoms with van der Waals surface area (Å²) < 4.78 is 8.22. The van der Waals surface area contributed by atoms with Crippen molar-refractivity contribution in [2.24, 2.45) is 14.1 Å². The fraction of sp³-hybridized carbons (Fsp3) is 0.421. The number of carbonyl (C=O) groups is 1. The Hall–Kier alpha value is -2.74. The van der Waals surface area contributed by atoms with E-state index >= 15 is 0 Å². The number of hydrogen-bond acceptors (Lipinski definition) is 5. The first-order chi connectivity index (χ1) is 13.3. The van der Waals surface area contributed by atoms with Crippen molar-refractivity contribution in [1.82, 2.24) is 14.0 Å². The second kappa shape index (κ2) is 8.10. The molecule has 150 valence electrons. The molecule has 2 aromatic rings. The van der Waals surface area contributed by atoms with Gasteiger partial charge < -0.3 is 14.5 Å². The third-order valence-electron chi connectivity index (χ3n) is 4.87. The van der Waals surface area contributed by atoms with E-state index in [-0.39, 0.29) is 17.2 Å². The van der Waals surface area contributed by atoms with Crippen LogP contribution in [0.1, 0.15) is 6.92 Å². The zero-order valence-corrected chi connectivity index (χ0v) is 16.8. The Morgan fingerprint density at radius 1 is 1.07 bits per heavy atom. The normalized spacial score (nSPS) is 15.4. The second-order valence-electron chi connectivity index (χ2n) is 6.77. The van der Waals surface area contributed by atoms with Gasteiger partial charge in [-0.05, 0) is 25.1 Å². The summed E-state index contributed by atoms with van der Waals surface area (Å²) in [6, 6.07) is 8.37. The molecular weight excluding hydrogens is 384 g/mol. The Morgan fingerprint density at radius 3 is 2.39 bits per heavy atom. The molecule has 1 amide bonds. The minimum atomic E-state index is -0.640. The lowest BCUT2D eigenvalue weighted by Gasteiger charge is -2.37. The molecule has 1 fully saturated rings. The number of carbonyl (C=O) groups excluding carboxylic acids is 1.